The summed E-state index contributed by atoms with van der Waals surface area (Å²) in [7, 11) is 3.92. The van der Waals surface area contributed by atoms with E-state index < -0.39 is 6.10 Å². The van der Waals surface area contributed by atoms with Crippen LogP contribution in [-0.4, -0.2) is 44.1 Å². The van der Waals surface area contributed by atoms with Crippen molar-refractivity contribution in [3.63, 3.8) is 0 Å². The molecule has 0 heterocycles. The van der Waals surface area contributed by atoms with E-state index in [9.17, 15) is 4.79 Å². The van der Waals surface area contributed by atoms with Crippen LogP contribution in [0.2, 0.25) is 5.02 Å². The van der Waals surface area contributed by atoms with Crippen LogP contribution in [0.5, 0.6) is 5.75 Å². The Balaban J connectivity index is 2.47. The minimum absolute atomic E-state index is 0.116. The predicted octanol–water partition coefficient (Wildman–Crippen LogP) is 2.09. The summed E-state index contributed by atoms with van der Waals surface area (Å²) in [6.07, 6.45) is -0.525. The Kier molecular flexibility index (Phi) is 6.12. The molecule has 1 atom stereocenters. The maximum atomic E-state index is 11.8. The van der Waals surface area contributed by atoms with E-state index in [1.807, 2.05) is 32.0 Å². The summed E-state index contributed by atoms with van der Waals surface area (Å²) in [5, 5.41) is 3.52. The highest BCUT2D eigenvalue weighted by atomic mass is 35.5. The SMILES string of the molecule is Cc1cc(O[C@@H](C)C(=O)NCCN(C)C)ccc1Cl. The molecule has 0 aliphatic rings. The van der Waals surface area contributed by atoms with Gasteiger partial charge in [0.25, 0.3) is 5.91 Å². The van der Waals surface area contributed by atoms with Crippen LogP contribution >= 0.6 is 11.6 Å². The van der Waals surface area contributed by atoms with Crippen molar-refractivity contribution in [1.29, 1.82) is 0 Å². The molecule has 1 rings (SSSR count). The van der Waals surface area contributed by atoms with E-state index in [0.29, 0.717) is 17.3 Å². The van der Waals surface area contributed by atoms with Crippen LogP contribution in [0.4, 0.5) is 0 Å². The standard InChI is InChI=1S/C14H21ClN2O2/c1-10-9-12(5-6-13(10)15)19-11(2)14(18)16-7-8-17(3)4/h5-6,9,11H,7-8H2,1-4H3,(H,16,18)/t11-/m0/s1. The number of likely N-dealkylation sites (N-methyl/N-ethyl adjacent to an activating group) is 1. The van der Waals surface area contributed by atoms with Crippen molar-refractivity contribution in [2.45, 2.75) is 20.0 Å². The van der Waals surface area contributed by atoms with Gasteiger partial charge < -0.3 is 15.0 Å². The molecule has 0 fully saturated rings. The normalized spacial score (nSPS) is 12.3. The fourth-order valence-electron chi connectivity index (χ4n) is 1.49. The van der Waals surface area contributed by atoms with Gasteiger partial charge in [-0.15, -0.1) is 0 Å². The van der Waals surface area contributed by atoms with Crippen molar-refractivity contribution in [2.24, 2.45) is 0 Å². The lowest BCUT2D eigenvalue weighted by Gasteiger charge is -2.16. The van der Waals surface area contributed by atoms with Crippen molar-refractivity contribution in [1.82, 2.24) is 10.2 Å². The monoisotopic (exact) mass is 284 g/mol. The summed E-state index contributed by atoms with van der Waals surface area (Å²) in [5.74, 6) is 0.534. The van der Waals surface area contributed by atoms with E-state index in [2.05, 4.69) is 5.32 Å². The Morgan fingerprint density at radius 3 is 2.74 bits per heavy atom. The largest absolute Gasteiger partial charge is 0.481 e. The fourth-order valence-corrected chi connectivity index (χ4v) is 1.61. The molecule has 0 saturated heterocycles. The Labute approximate surface area is 119 Å². The average molecular weight is 285 g/mol. The lowest BCUT2D eigenvalue weighted by Crippen LogP contribution is -2.39. The van der Waals surface area contributed by atoms with E-state index in [1.54, 1.807) is 19.1 Å². The number of carbonyl (C=O) groups excluding carboxylic acids is 1. The summed E-state index contributed by atoms with van der Waals surface area (Å²) in [6.45, 7) is 5.05. The first kappa shape index (κ1) is 15.8. The van der Waals surface area contributed by atoms with E-state index in [1.165, 1.54) is 0 Å². The number of hydrogen-bond acceptors (Lipinski definition) is 3. The zero-order valence-corrected chi connectivity index (χ0v) is 12.6. The van der Waals surface area contributed by atoms with Gasteiger partial charge in [0.1, 0.15) is 5.75 Å². The van der Waals surface area contributed by atoms with Gasteiger partial charge in [0.05, 0.1) is 0 Å². The maximum absolute atomic E-state index is 11.8. The van der Waals surface area contributed by atoms with Crippen LogP contribution in [0.1, 0.15) is 12.5 Å². The van der Waals surface area contributed by atoms with Crippen LogP contribution in [0.3, 0.4) is 0 Å². The Bertz CT molecular complexity index is 435. The van der Waals surface area contributed by atoms with Crippen LogP contribution in [0, 0.1) is 6.92 Å². The van der Waals surface area contributed by atoms with Gasteiger partial charge in [-0.05, 0) is 51.7 Å². The number of nitrogens with zero attached hydrogens (tertiary/aromatic N) is 1. The molecule has 1 aromatic carbocycles. The van der Waals surface area contributed by atoms with Gasteiger partial charge in [-0.3, -0.25) is 4.79 Å². The van der Waals surface area contributed by atoms with Gasteiger partial charge in [-0.1, -0.05) is 11.6 Å². The minimum Gasteiger partial charge on any atom is -0.481 e. The molecular formula is C14H21ClN2O2. The molecular weight excluding hydrogens is 264 g/mol. The number of ether oxygens (including phenoxy) is 1. The summed E-state index contributed by atoms with van der Waals surface area (Å²) in [4.78, 5) is 13.8. The molecule has 0 bridgehead atoms. The van der Waals surface area contributed by atoms with Crippen molar-refractivity contribution >= 4 is 17.5 Å². The number of hydrogen-bond donors (Lipinski definition) is 1. The highest BCUT2D eigenvalue weighted by Crippen LogP contribution is 2.21. The Morgan fingerprint density at radius 2 is 2.16 bits per heavy atom. The molecule has 5 heteroatoms. The molecule has 1 aromatic rings. The maximum Gasteiger partial charge on any atom is 0.260 e. The smallest absolute Gasteiger partial charge is 0.260 e. The third kappa shape index (κ3) is 5.49. The predicted molar refractivity (Wildman–Crippen MR) is 77.8 cm³/mol. The molecule has 0 unspecified atom stereocenters. The average Bonchev–Trinajstić information content (AvgIpc) is 2.33. The summed E-state index contributed by atoms with van der Waals surface area (Å²) in [6, 6.07) is 5.35. The van der Waals surface area contributed by atoms with Gasteiger partial charge in [-0.2, -0.15) is 0 Å². The quantitative estimate of drug-likeness (QED) is 0.870. The molecule has 1 N–H and O–H groups in total. The minimum atomic E-state index is -0.525. The third-order valence-electron chi connectivity index (χ3n) is 2.67. The molecule has 0 aromatic heterocycles. The third-order valence-corrected chi connectivity index (χ3v) is 3.09. The van der Waals surface area contributed by atoms with Gasteiger partial charge in [-0.25, -0.2) is 0 Å². The number of amides is 1. The van der Waals surface area contributed by atoms with Crippen LogP contribution in [-0.2, 0) is 4.79 Å². The highest BCUT2D eigenvalue weighted by molar-refractivity contribution is 6.31. The van der Waals surface area contributed by atoms with Crippen molar-refractivity contribution in [3.8, 4) is 5.75 Å². The Hall–Kier alpha value is -1.26. The molecule has 0 aliphatic heterocycles. The summed E-state index contributed by atoms with van der Waals surface area (Å²) in [5.41, 5.74) is 0.930. The number of benzene rings is 1. The number of rotatable bonds is 6. The second kappa shape index (κ2) is 7.36. The molecule has 19 heavy (non-hydrogen) atoms. The first-order chi connectivity index (χ1) is 8.90. The second-order valence-electron chi connectivity index (χ2n) is 4.77. The molecule has 0 spiro atoms. The summed E-state index contributed by atoms with van der Waals surface area (Å²) >= 11 is 5.94. The van der Waals surface area contributed by atoms with Crippen LogP contribution in [0.15, 0.2) is 18.2 Å². The zero-order chi connectivity index (χ0) is 14.4. The molecule has 1 amide bonds. The Morgan fingerprint density at radius 1 is 1.47 bits per heavy atom. The molecule has 4 nitrogen and oxygen atoms in total. The number of halogens is 1. The van der Waals surface area contributed by atoms with E-state index >= 15 is 0 Å². The second-order valence-corrected chi connectivity index (χ2v) is 5.17. The van der Waals surface area contributed by atoms with Gasteiger partial charge in [0, 0.05) is 18.1 Å². The van der Waals surface area contributed by atoms with Gasteiger partial charge >= 0.3 is 0 Å². The first-order valence-electron chi connectivity index (χ1n) is 6.25. The van der Waals surface area contributed by atoms with Crippen molar-refractivity contribution in [2.75, 3.05) is 27.2 Å². The first-order valence-corrected chi connectivity index (χ1v) is 6.63. The van der Waals surface area contributed by atoms with Gasteiger partial charge in [0.15, 0.2) is 6.10 Å². The highest BCUT2D eigenvalue weighted by Gasteiger charge is 2.14. The zero-order valence-electron chi connectivity index (χ0n) is 11.9. The lowest BCUT2D eigenvalue weighted by atomic mass is 10.2. The molecule has 0 aliphatic carbocycles. The summed E-state index contributed by atoms with van der Waals surface area (Å²) < 4.78 is 5.59. The molecule has 0 radical (unpaired) electrons. The van der Waals surface area contributed by atoms with Crippen LogP contribution < -0.4 is 10.1 Å². The van der Waals surface area contributed by atoms with Crippen molar-refractivity contribution < 1.29 is 9.53 Å². The van der Waals surface area contributed by atoms with Gasteiger partial charge in [0.2, 0.25) is 0 Å². The topological polar surface area (TPSA) is 41.6 Å². The van der Waals surface area contributed by atoms with E-state index in [-0.39, 0.29) is 5.91 Å². The lowest BCUT2D eigenvalue weighted by molar-refractivity contribution is -0.127. The molecule has 0 saturated carbocycles. The van der Waals surface area contributed by atoms with Crippen molar-refractivity contribution in [3.05, 3.63) is 28.8 Å². The number of carbonyl (C=O) groups is 1. The van der Waals surface area contributed by atoms with E-state index in [0.717, 1.165) is 12.1 Å². The number of aryl methyl sites for hydroxylation is 1. The van der Waals surface area contributed by atoms with Crippen LogP contribution in [0.25, 0.3) is 0 Å². The fraction of sp³-hybridized carbons (Fsp3) is 0.500. The number of nitrogens with one attached hydrogen (secondary N) is 1. The van der Waals surface area contributed by atoms with E-state index in [4.69, 9.17) is 16.3 Å². The molecule has 106 valence electrons.